The molecule has 280 valence electrons. The van der Waals surface area contributed by atoms with Gasteiger partial charge in [-0.15, -0.1) is 0 Å². The van der Waals surface area contributed by atoms with Crippen LogP contribution >= 0.6 is 0 Å². The predicted octanol–water partition coefficient (Wildman–Crippen LogP) is 10.8. The zero-order chi connectivity index (χ0) is 37.5. The number of nitrogen functional groups attached to an aromatic ring is 3. The molecule has 6 heteroatoms. The molecule has 8 atom stereocenters. The molecule has 3 fully saturated rings. The molecule has 0 spiro atoms. The van der Waals surface area contributed by atoms with E-state index in [4.69, 9.17) is 21.9 Å². The molecule has 0 amide bonds. The van der Waals surface area contributed by atoms with E-state index in [1.807, 2.05) is 19.1 Å². The number of carbonyl (C=O) groups excluding carboxylic acids is 2. The van der Waals surface area contributed by atoms with E-state index in [1.54, 1.807) is 24.3 Å². The maximum atomic E-state index is 13.2. The Morgan fingerprint density at radius 1 is 0.804 bits per heavy atom. The minimum atomic E-state index is -0.317. The van der Waals surface area contributed by atoms with Gasteiger partial charge in [0.15, 0.2) is 5.78 Å². The summed E-state index contributed by atoms with van der Waals surface area (Å²) in [6.45, 7) is 20.6. The number of ether oxygens (including phenoxy) is 1. The van der Waals surface area contributed by atoms with E-state index in [0.29, 0.717) is 33.6 Å². The first-order valence-corrected chi connectivity index (χ1v) is 19.8. The van der Waals surface area contributed by atoms with Gasteiger partial charge < -0.3 is 21.9 Å². The molecule has 0 radical (unpaired) electrons. The SMILES string of the molecule is CC(=O)c1cc(C)cc(N)c1.CC(C)CCCC(C)C1CCC2C3CC=C4C(C)(C)C(OC(=O)c5cc(N)cc(N)c5)CCC4(C)C3CCC12C. The van der Waals surface area contributed by atoms with Gasteiger partial charge in [0.2, 0.25) is 0 Å². The monoisotopic (exact) mass is 698 g/mol. The molecule has 0 heterocycles. The lowest BCUT2D eigenvalue weighted by atomic mass is 9.44. The quantitative estimate of drug-likeness (QED) is 0.109. The number of hydrogen-bond donors (Lipinski definition) is 3. The first-order chi connectivity index (χ1) is 23.9. The summed E-state index contributed by atoms with van der Waals surface area (Å²) in [7, 11) is 0. The molecule has 2 aromatic carbocycles. The first kappa shape index (κ1) is 38.9. The van der Waals surface area contributed by atoms with Gasteiger partial charge in [-0.2, -0.15) is 0 Å². The molecule has 51 heavy (non-hydrogen) atoms. The minimum absolute atomic E-state index is 0.0559. The lowest BCUT2D eigenvalue weighted by Crippen LogP contribution is -2.55. The highest BCUT2D eigenvalue weighted by molar-refractivity contribution is 5.95. The summed E-state index contributed by atoms with van der Waals surface area (Å²) in [6, 6.07) is 10.4. The van der Waals surface area contributed by atoms with Gasteiger partial charge in [0.25, 0.3) is 0 Å². The molecule has 8 unspecified atom stereocenters. The van der Waals surface area contributed by atoms with Gasteiger partial charge in [-0.1, -0.05) is 79.4 Å². The fourth-order valence-electron chi connectivity index (χ4n) is 11.6. The molecule has 6 nitrogen and oxygen atoms in total. The zero-order valence-electron chi connectivity index (χ0n) is 33.1. The second kappa shape index (κ2) is 15.0. The first-order valence-electron chi connectivity index (χ1n) is 19.8. The van der Waals surface area contributed by atoms with Crippen molar-refractivity contribution in [2.24, 2.45) is 51.8 Å². The molecule has 6 N–H and O–H groups in total. The fourth-order valence-corrected chi connectivity index (χ4v) is 11.6. The van der Waals surface area contributed by atoms with Crippen LogP contribution in [0.5, 0.6) is 0 Å². The zero-order valence-corrected chi connectivity index (χ0v) is 33.1. The van der Waals surface area contributed by atoms with Gasteiger partial charge in [0.1, 0.15) is 6.10 Å². The Balaban J connectivity index is 0.000000392. The number of nitrogens with two attached hydrogens (primary N) is 3. The largest absolute Gasteiger partial charge is 0.458 e. The number of fused-ring (bicyclic) bond motifs is 5. The standard InChI is InChI=1S/C36H56N2O2.C9H11NO/c1-22(2)9-8-10-23(3)28-12-13-29-27-11-14-31-34(4,5)32(40-33(39)24-19-25(37)21-26(38)20-24)16-18-36(31,7)30(27)15-17-35(28,29)6;1-6-3-8(7(2)11)5-9(10)4-6/h14,19-23,27-30,32H,8-13,15-18,37-38H2,1-7H3;3-5H,10H2,1-2H3. The van der Waals surface area contributed by atoms with E-state index in [-0.39, 0.29) is 28.7 Å². The molecule has 0 saturated heterocycles. The number of Topliss-reactive ketones (excluding diaryl/α,β-unsaturated/α-hetero) is 1. The minimum Gasteiger partial charge on any atom is -0.458 e. The van der Waals surface area contributed by atoms with Crippen molar-refractivity contribution in [2.45, 2.75) is 133 Å². The van der Waals surface area contributed by atoms with E-state index in [1.165, 1.54) is 63.9 Å². The topological polar surface area (TPSA) is 121 Å². The molecule has 0 bridgehead atoms. The number of aryl methyl sites for hydroxylation is 1. The summed E-state index contributed by atoms with van der Waals surface area (Å²) >= 11 is 0. The summed E-state index contributed by atoms with van der Waals surface area (Å²) in [5.41, 5.74) is 23.3. The van der Waals surface area contributed by atoms with Crippen molar-refractivity contribution in [2.75, 3.05) is 17.2 Å². The van der Waals surface area contributed by atoms with Gasteiger partial charge in [-0.25, -0.2) is 4.79 Å². The van der Waals surface area contributed by atoms with Crippen molar-refractivity contribution in [1.82, 2.24) is 0 Å². The number of hydrogen-bond acceptors (Lipinski definition) is 6. The number of ketones is 1. The van der Waals surface area contributed by atoms with Crippen LogP contribution < -0.4 is 17.2 Å². The number of benzene rings is 2. The van der Waals surface area contributed by atoms with Crippen LogP contribution in [0.4, 0.5) is 17.1 Å². The van der Waals surface area contributed by atoms with E-state index in [9.17, 15) is 9.59 Å². The third-order valence-corrected chi connectivity index (χ3v) is 14.1. The van der Waals surface area contributed by atoms with Crippen molar-refractivity contribution in [3.05, 3.63) is 64.7 Å². The van der Waals surface area contributed by atoms with Crippen LogP contribution in [-0.4, -0.2) is 17.9 Å². The Kier molecular flexibility index (Phi) is 11.4. The Labute approximate surface area is 308 Å². The Morgan fingerprint density at radius 2 is 1.45 bits per heavy atom. The molecule has 3 saturated carbocycles. The average molecular weight is 698 g/mol. The van der Waals surface area contributed by atoms with Crippen molar-refractivity contribution >= 4 is 28.8 Å². The lowest BCUT2D eigenvalue weighted by Gasteiger charge is -2.61. The van der Waals surface area contributed by atoms with Gasteiger partial charge in [-0.3, -0.25) is 4.79 Å². The van der Waals surface area contributed by atoms with Crippen LogP contribution in [-0.2, 0) is 4.74 Å². The van der Waals surface area contributed by atoms with E-state index < -0.39 is 0 Å². The Bertz CT molecular complexity index is 1590. The van der Waals surface area contributed by atoms with Crippen LogP contribution in [0.1, 0.15) is 146 Å². The van der Waals surface area contributed by atoms with Gasteiger partial charge in [-0.05, 0) is 147 Å². The van der Waals surface area contributed by atoms with E-state index in [0.717, 1.165) is 53.9 Å². The highest BCUT2D eigenvalue weighted by Gasteiger charge is 2.61. The van der Waals surface area contributed by atoms with Crippen LogP contribution in [0.2, 0.25) is 0 Å². The Hall–Kier alpha value is -3.28. The predicted molar refractivity (Wildman–Crippen MR) is 212 cm³/mol. The van der Waals surface area contributed by atoms with Crippen molar-refractivity contribution in [3.63, 3.8) is 0 Å². The number of esters is 1. The molecule has 4 aliphatic carbocycles. The summed E-state index contributed by atoms with van der Waals surface area (Å²) < 4.78 is 6.21. The number of carbonyl (C=O) groups is 2. The van der Waals surface area contributed by atoms with Crippen LogP contribution in [0.15, 0.2) is 48.0 Å². The Morgan fingerprint density at radius 3 is 2.08 bits per heavy atom. The third-order valence-electron chi connectivity index (χ3n) is 14.1. The second-order valence-corrected chi connectivity index (χ2v) is 18.4. The average Bonchev–Trinajstić information content (AvgIpc) is 3.39. The summed E-state index contributed by atoms with van der Waals surface area (Å²) in [5, 5.41) is 0. The van der Waals surface area contributed by atoms with Crippen LogP contribution in [0, 0.1) is 58.7 Å². The normalized spacial score (nSPS) is 31.3. The molecule has 2 aromatic rings. The molecular formula is C45H67N3O3. The summed E-state index contributed by atoms with van der Waals surface area (Å²) in [4.78, 5) is 24.1. The molecule has 4 aliphatic rings. The van der Waals surface area contributed by atoms with Gasteiger partial charge in [0, 0.05) is 28.0 Å². The molecule has 6 rings (SSSR count). The number of allylic oxidation sites excluding steroid dienone is 1. The molecule has 0 aromatic heterocycles. The maximum Gasteiger partial charge on any atom is 0.338 e. The molecular weight excluding hydrogens is 631 g/mol. The van der Waals surface area contributed by atoms with Crippen LogP contribution in [0.25, 0.3) is 0 Å². The van der Waals surface area contributed by atoms with Gasteiger partial charge >= 0.3 is 5.97 Å². The highest BCUT2D eigenvalue weighted by atomic mass is 16.5. The smallest absolute Gasteiger partial charge is 0.338 e. The third kappa shape index (κ3) is 7.90. The number of anilines is 3. The highest BCUT2D eigenvalue weighted by Crippen LogP contribution is 2.69. The van der Waals surface area contributed by atoms with E-state index in [2.05, 4.69) is 54.5 Å². The van der Waals surface area contributed by atoms with Crippen LogP contribution in [0.3, 0.4) is 0 Å². The maximum absolute atomic E-state index is 13.2. The van der Waals surface area contributed by atoms with E-state index >= 15 is 0 Å². The van der Waals surface area contributed by atoms with Crippen molar-refractivity contribution in [1.29, 1.82) is 0 Å². The number of rotatable bonds is 8. The second-order valence-electron chi connectivity index (χ2n) is 18.4. The molecule has 0 aliphatic heterocycles. The summed E-state index contributed by atoms with van der Waals surface area (Å²) in [6.07, 6.45) is 15.4. The van der Waals surface area contributed by atoms with Gasteiger partial charge in [0.05, 0.1) is 5.56 Å². The van der Waals surface area contributed by atoms with Crippen molar-refractivity contribution < 1.29 is 14.3 Å². The summed E-state index contributed by atoms with van der Waals surface area (Å²) in [5.74, 6) is 4.67. The fraction of sp³-hybridized carbons (Fsp3) is 0.644. The van der Waals surface area contributed by atoms with Crippen molar-refractivity contribution in [3.8, 4) is 0 Å². The lowest BCUT2D eigenvalue weighted by molar-refractivity contribution is -0.0827.